The van der Waals surface area contributed by atoms with Crippen molar-refractivity contribution in [2.45, 2.75) is 26.1 Å². The molecule has 0 aromatic heterocycles. The Kier molecular flexibility index (Phi) is 4.59. The van der Waals surface area contributed by atoms with Crippen LogP contribution in [0.3, 0.4) is 0 Å². The SMILES string of the molecule is Cc1cc(NC(=O)C(C#N)C(=O)C2CC2)ccc1OC(F)(F)F. The largest absolute Gasteiger partial charge is 0.573 e. The van der Waals surface area contributed by atoms with Gasteiger partial charge in [-0.25, -0.2) is 0 Å². The van der Waals surface area contributed by atoms with E-state index in [1.807, 2.05) is 0 Å². The van der Waals surface area contributed by atoms with E-state index in [0.717, 1.165) is 6.07 Å². The fourth-order valence-corrected chi connectivity index (χ4v) is 2.04. The fourth-order valence-electron chi connectivity index (χ4n) is 2.04. The average Bonchev–Trinajstić information content (AvgIpc) is 3.25. The van der Waals surface area contributed by atoms with Crippen molar-refractivity contribution in [1.29, 1.82) is 5.26 Å². The Hall–Kier alpha value is -2.56. The topological polar surface area (TPSA) is 79.2 Å². The summed E-state index contributed by atoms with van der Waals surface area (Å²) < 4.78 is 40.4. The van der Waals surface area contributed by atoms with Gasteiger partial charge in [-0.05, 0) is 43.5 Å². The molecule has 0 spiro atoms. The minimum Gasteiger partial charge on any atom is -0.406 e. The van der Waals surface area contributed by atoms with Crippen LogP contribution in [0.2, 0.25) is 0 Å². The molecule has 2 rings (SSSR count). The number of nitriles is 1. The standard InChI is InChI=1S/C15H13F3N2O3/c1-8-6-10(4-5-12(8)23-15(16,17)18)20-14(22)11(7-19)13(21)9-2-3-9/h4-6,9,11H,2-3H2,1H3,(H,20,22). The lowest BCUT2D eigenvalue weighted by Gasteiger charge is -2.13. The van der Waals surface area contributed by atoms with Crippen molar-refractivity contribution >= 4 is 17.4 Å². The summed E-state index contributed by atoms with van der Waals surface area (Å²) in [7, 11) is 0. The summed E-state index contributed by atoms with van der Waals surface area (Å²) in [6.45, 7) is 1.38. The van der Waals surface area contributed by atoms with E-state index in [1.54, 1.807) is 6.07 Å². The van der Waals surface area contributed by atoms with E-state index in [1.165, 1.54) is 19.1 Å². The Bertz CT molecular complexity index is 676. The van der Waals surface area contributed by atoms with E-state index in [2.05, 4.69) is 10.1 Å². The molecule has 1 aliphatic carbocycles. The normalized spacial score (nSPS) is 15.4. The molecule has 5 nitrogen and oxygen atoms in total. The summed E-state index contributed by atoms with van der Waals surface area (Å²) >= 11 is 0. The molecule has 0 aliphatic heterocycles. The van der Waals surface area contributed by atoms with Crippen LogP contribution in [0.4, 0.5) is 18.9 Å². The Labute approximate surface area is 130 Å². The molecule has 1 aromatic carbocycles. The summed E-state index contributed by atoms with van der Waals surface area (Å²) in [5, 5.41) is 11.3. The van der Waals surface area contributed by atoms with Crippen molar-refractivity contribution in [3.63, 3.8) is 0 Å². The summed E-state index contributed by atoms with van der Waals surface area (Å²) in [4.78, 5) is 23.8. The van der Waals surface area contributed by atoms with E-state index in [0.29, 0.717) is 12.8 Å². The van der Waals surface area contributed by atoms with Crippen molar-refractivity contribution in [3.8, 4) is 11.8 Å². The zero-order chi connectivity index (χ0) is 17.2. The van der Waals surface area contributed by atoms with Gasteiger partial charge >= 0.3 is 6.36 Å². The molecule has 1 amide bonds. The van der Waals surface area contributed by atoms with Crippen LogP contribution < -0.4 is 10.1 Å². The van der Waals surface area contributed by atoms with Crippen molar-refractivity contribution in [3.05, 3.63) is 23.8 Å². The van der Waals surface area contributed by atoms with Crippen LogP contribution in [0.15, 0.2) is 18.2 Å². The second kappa shape index (κ2) is 6.28. The molecule has 122 valence electrons. The minimum atomic E-state index is -4.81. The van der Waals surface area contributed by atoms with Crippen molar-refractivity contribution in [2.24, 2.45) is 11.8 Å². The second-order valence-electron chi connectivity index (χ2n) is 5.26. The Morgan fingerprint density at radius 1 is 1.39 bits per heavy atom. The van der Waals surface area contributed by atoms with Crippen LogP contribution in [0.25, 0.3) is 0 Å². The second-order valence-corrected chi connectivity index (χ2v) is 5.26. The molecule has 1 aliphatic rings. The summed E-state index contributed by atoms with van der Waals surface area (Å²) in [6.07, 6.45) is -3.46. The number of alkyl halides is 3. The molecule has 0 heterocycles. The van der Waals surface area contributed by atoms with Gasteiger partial charge in [0, 0.05) is 11.6 Å². The number of hydrogen-bond acceptors (Lipinski definition) is 4. The van der Waals surface area contributed by atoms with Gasteiger partial charge in [0.1, 0.15) is 5.75 Å². The number of hydrogen-bond donors (Lipinski definition) is 1. The number of carbonyl (C=O) groups excluding carboxylic acids is 2. The van der Waals surface area contributed by atoms with Crippen molar-refractivity contribution in [1.82, 2.24) is 0 Å². The van der Waals surface area contributed by atoms with Crippen LogP contribution in [0.5, 0.6) is 5.75 Å². The third kappa shape index (κ3) is 4.45. The molecule has 0 saturated heterocycles. The lowest BCUT2D eigenvalue weighted by Crippen LogP contribution is -2.29. The first-order chi connectivity index (χ1) is 10.7. The van der Waals surface area contributed by atoms with E-state index in [-0.39, 0.29) is 22.9 Å². The predicted molar refractivity (Wildman–Crippen MR) is 73.3 cm³/mol. The van der Waals surface area contributed by atoms with Gasteiger partial charge in [-0.1, -0.05) is 0 Å². The van der Waals surface area contributed by atoms with E-state index in [9.17, 15) is 22.8 Å². The molecule has 23 heavy (non-hydrogen) atoms. The Morgan fingerprint density at radius 2 is 2.04 bits per heavy atom. The van der Waals surface area contributed by atoms with Crippen LogP contribution in [-0.2, 0) is 9.59 Å². The van der Waals surface area contributed by atoms with Crippen molar-refractivity contribution in [2.75, 3.05) is 5.32 Å². The molecular formula is C15H13F3N2O3. The van der Waals surface area contributed by atoms with Gasteiger partial charge in [-0.2, -0.15) is 5.26 Å². The predicted octanol–water partition coefficient (Wildman–Crippen LogP) is 2.95. The van der Waals surface area contributed by atoms with E-state index >= 15 is 0 Å². The lowest BCUT2D eigenvalue weighted by atomic mass is 10.0. The third-order valence-electron chi connectivity index (χ3n) is 3.32. The number of ether oxygens (including phenoxy) is 1. The molecule has 1 N–H and O–H groups in total. The average molecular weight is 326 g/mol. The smallest absolute Gasteiger partial charge is 0.406 e. The van der Waals surface area contributed by atoms with Gasteiger partial charge in [-0.3, -0.25) is 9.59 Å². The monoisotopic (exact) mass is 326 g/mol. The maximum absolute atomic E-state index is 12.2. The third-order valence-corrected chi connectivity index (χ3v) is 3.32. The number of Topliss-reactive ketones (excluding diaryl/α,β-unsaturated/α-hetero) is 1. The zero-order valence-electron chi connectivity index (χ0n) is 12.1. The fraction of sp³-hybridized carbons (Fsp3) is 0.400. The Morgan fingerprint density at radius 3 is 2.52 bits per heavy atom. The summed E-state index contributed by atoms with van der Waals surface area (Å²) in [5.74, 6) is -3.24. The number of benzene rings is 1. The molecule has 1 aromatic rings. The number of amides is 1. The number of ketones is 1. The van der Waals surface area contributed by atoms with Gasteiger partial charge in [0.2, 0.25) is 5.91 Å². The van der Waals surface area contributed by atoms with E-state index < -0.39 is 24.0 Å². The quantitative estimate of drug-likeness (QED) is 0.844. The van der Waals surface area contributed by atoms with Crippen LogP contribution in [0, 0.1) is 30.1 Å². The highest BCUT2D eigenvalue weighted by Crippen LogP contribution is 2.33. The maximum Gasteiger partial charge on any atom is 0.573 e. The molecular weight excluding hydrogens is 313 g/mol. The van der Waals surface area contributed by atoms with Gasteiger partial charge < -0.3 is 10.1 Å². The van der Waals surface area contributed by atoms with Gasteiger partial charge in [-0.15, -0.1) is 13.2 Å². The summed E-state index contributed by atoms with van der Waals surface area (Å²) in [6, 6.07) is 5.21. The first kappa shape index (κ1) is 16.8. The highest BCUT2D eigenvalue weighted by atomic mass is 19.4. The number of halogens is 3. The Balaban J connectivity index is 2.07. The molecule has 1 unspecified atom stereocenters. The van der Waals surface area contributed by atoms with Gasteiger partial charge in [0.15, 0.2) is 11.7 Å². The number of aryl methyl sites for hydroxylation is 1. The number of carbonyl (C=O) groups is 2. The number of nitrogens with zero attached hydrogens (tertiary/aromatic N) is 1. The maximum atomic E-state index is 12.2. The van der Waals surface area contributed by atoms with Crippen LogP contribution in [-0.4, -0.2) is 18.1 Å². The molecule has 1 fully saturated rings. The molecule has 1 atom stereocenters. The van der Waals surface area contributed by atoms with E-state index in [4.69, 9.17) is 5.26 Å². The van der Waals surface area contributed by atoms with Gasteiger partial charge in [0.25, 0.3) is 0 Å². The van der Waals surface area contributed by atoms with Crippen LogP contribution in [0.1, 0.15) is 18.4 Å². The minimum absolute atomic E-state index is 0.155. The zero-order valence-corrected chi connectivity index (χ0v) is 12.1. The number of nitrogens with one attached hydrogen (secondary N) is 1. The molecule has 8 heteroatoms. The van der Waals surface area contributed by atoms with Crippen molar-refractivity contribution < 1.29 is 27.5 Å². The summed E-state index contributed by atoms with van der Waals surface area (Å²) in [5.41, 5.74) is 0.341. The lowest BCUT2D eigenvalue weighted by molar-refractivity contribution is -0.274. The molecule has 1 saturated carbocycles. The first-order valence-corrected chi connectivity index (χ1v) is 6.82. The first-order valence-electron chi connectivity index (χ1n) is 6.82. The van der Waals surface area contributed by atoms with Gasteiger partial charge in [0.05, 0.1) is 6.07 Å². The molecule has 0 bridgehead atoms. The van der Waals surface area contributed by atoms with Crippen LogP contribution >= 0.6 is 0 Å². The number of anilines is 1. The highest BCUT2D eigenvalue weighted by molar-refractivity contribution is 6.10. The molecule has 0 radical (unpaired) electrons. The highest BCUT2D eigenvalue weighted by Gasteiger charge is 2.38. The number of rotatable bonds is 5.